The van der Waals surface area contributed by atoms with E-state index in [0.29, 0.717) is 29.1 Å². The Morgan fingerprint density at radius 2 is 1.96 bits per heavy atom. The Hall–Kier alpha value is -2.04. The van der Waals surface area contributed by atoms with Gasteiger partial charge < -0.3 is 14.0 Å². The summed E-state index contributed by atoms with van der Waals surface area (Å²) in [6.45, 7) is 1.03. The maximum Gasteiger partial charge on any atom is 0.337 e. The summed E-state index contributed by atoms with van der Waals surface area (Å²) in [6, 6.07) is 12.6. The first-order chi connectivity index (χ1) is 13.0. The van der Waals surface area contributed by atoms with Crippen LogP contribution in [-0.2, 0) is 16.0 Å². The lowest BCUT2D eigenvalue weighted by atomic mass is 10.2. The fourth-order valence-electron chi connectivity index (χ4n) is 2.58. The van der Waals surface area contributed by atoms with Gasteiger partial charge in [-0.1, -0.05) is 23.5 Å². The van der Waals surface area contributed by atoms with Crippen molar-refractivity contribution in [1.82, 2.24) is 4.57 Å². The van der Waals surface area contributed by atoms with Gasteiger partial charge in [-0.25, -0.2) is 4.79 Å². The number of hydrogen-bond acceptors (Lipinski definition) is 5. The molecule has 0 bridgehead atoms. The summed E-state index contributed by atoms with van der Waals surface area (Å²) in [5, 5.41) is 0. The number of halogens is 1. The van der Waals surface area contributed by atoms with Crippen LogP contribution in [0.5, 0.6) is 0 Å². The van der Waals surface area contributed by atoms with Crippen molar-refractivity contribution in [2.45, 2.75) is 6.54 Å². The number of rotatable bonds is 5. The van der Waals surface area contributed by atoms with Crippen LogP contribution in [0.3, 0.4) is 0 Å². The van der Waals surface area contributed by atoms with Crippen LogP contribution in [0.15, 0.2) is 47.5 Å². The molecule has 0 aliphatic carbocycles. The summed E-state index contributed by atoms with van der Waals surface area (Å²) < 4.78 is 13.6. The topological polar surface area (TPSA) is 69.9 Å². The molecular weight excluding hydrogens is 479 g/mol. The molecule has 0 N–H and O–H groups in total. The normalized spacial score (nSPS) is 11.7. The van der Waals surface area contributed by atoms with Crippen molar-refractivity contribution >= 4 is 56.0 Å². The molecule has 8 heteroatoms. The third-order valence-corrected chi connectivity index (χ3v) is 5.91. The van der Waals surface area contributed by atoms with E-state index < -0.39 is 5.97 Å². The van der Waals surface area contributed by atoms with Crippen LogP contribution in [0.2, 0.25) is 0 Å². The molecule has 1 heterocycles. The third kappa shape index (κ3) is 4.28. The molecule has 0 radical (unpaired) electrons. The van der Waals surface area contributed by atoms with Gasteiger partial charge in [0.05, 0.1) is 35.1 Å². The van der Waals surface area contributed by atoms with E-state index in [1.54, 1.807) is 25.3 Å². The van der Waals surface area contributed by atoms with Crippen molar-refractivity contribution in [2.75, 3.05) is 20.8 Å². The predicted molar refractivity (Wildman–Crippen MR) is 112 cm³/mol. The molecule has 27 heavy (non-hydrogen) atoms. The third-order valence-electron chi connectivity index (χ3n) is 3.92. The Balaban J connectivity index is 2.13. The number of amides is 1. The van der Waals surface area contributed by atoms with Crippen molar-refractivity contribution in [3.8, 4) is 0 Å². The first kappa shape index (κ1) is 19.7. The highest BCUT2D eigenvalue weighted by Gasteiger charge is 2.13. The number of aromatic nitrogens is 1. The smallest absolute Gasteiger partial charge is 0.337 e. The molecule has 1 aromatic heterocycles. The molecule has 0 aliphatic heterocycles. The Morgan fingerprint density at radius 3 is 2.67 bits per heavy atom. The highest BCUT2D eigenvalue weighted by Crippen LogP contribution is 2.20. The number of ether oxygens (including phenoxy) is 2. The number of hydrogen-bond donors (Lipinski definition) is 0. The van der Waals surface area contributed by atoms with Crippen molar-refractivity contribution in [1.29, 1.82) is 0 Å². The first-order valence-corrected chi connectivity index (χ1v) is 9.99. The Morgan fingerprint density at radius 1 is 1.19 bits per heavy atom. The lowest BCUT2D eigenvalue weighted by molar-refractivity contribution is 0.0601. The van der Waals surface area contributed by atoms with Gasteiger partial charge in [-0.3, -0.25) is 4.79 Å². The standard InChI is InChI=1S/C19H17IN2O4S/c1-25-10-9-22-15-8-7-12(18(24)26-2)11-16(15)27-19(22)21-17(23)13-5-3-4-6-14(13)20/h3-8,11H,9-10H2,1-2H3. The minimum absolute atomic E-state index is 0.300. The van der Waals surface area contributed by atoms with Crippen molar-refractivity contribution in [3.63, 3.8) is 0 Å². The summed E-state index contributed by atoms with van der Waals surface area (Å²) in [5.41, 5.74) is 1.91. The van der Waals surface area contributed by atoms with Gasteiger partial charge in [-0.2, -0.15) is 4.99 Å². The number of thiazole rings is 1. The second kappa shape index (κ2) is 8.77. The molecule has 0 unspecified atom stereocenters. The molecule has 3 rings (SSSR count). The lowest BCUT2D eigenvalue weighted by Crippen LogP contribution is -2.19. The number of esters is 1. The van der Waals surface area contributed by atoms with E-state index in [1.807, 2.05) is 28.8 Å². The van der Waals surface area contributed by atoms with Gasteiger partial charge in [0, 0.05) is 17.2 Å². The zero-order valence-corrected chi connectivity index (χ0v) is 17.7. The average Bonchev–Trinajstić information content (AvgIpc) is 3.01. The van der Waals surface area contributed by atoms with E-state index in [2.05, 4.69) is 27.6 Å². The predicted octanol–water partition coefficient (Wildman–Crippen LogP) is 3.48. The molecular formula is C19H17IN2O4S. The lowest BCUT2D eigenvalue weighted by Gasteiger charge is -2.05. The van der Waals surface area contributed by atoms with Crippen molar-refractivity contribution in [2.24, 2.45) is 4.99 Å². The summed E-state index contributed by atoms with van der Waals surface area (Å²) in [7, 11) is 2.97. The number of carbonyl (C=O) groups excluding carboxylic acids is 2. The highest BCUT2D eigenvalue weighted by molar-refractivity contribution is 14.1. The van der Waals surface area contributed by atoms with Gasteiger partial charge >= 0.3 is 5.97 Å². The van der Waals surface area contributed by atoms with E-state index in [4.69, 9.17) is 9.47 Å². The monoisotopic (exact) mass is 496 g/mol. The van der Waals surface area contributed by atoms with Crippen LogP contribution in [0.1, 0.15) is 20.7 Å². The summed E-state index contributed by atoms with van der Waals surface area (Å²) in [5.74, 6) is -0.701. The fourth-order valence-corrected chi connectivity index (χ4v) is 4.30. The molecule has 0 saturated carbocycles. The Kier molecular flexibility index (Phi) is 6.40. The van der Waals surface area contributed by atoms with E-state index in [0.717, 1.165) is 13.8 Å². The van der Waals surface area contributed by atoms with Crippen LogP contribution in [0.4, 0.5) is 0 Å². The van der Waals surface area contributed by atoms with Crippen molar-refractivity contribution < 1.29 is 19.1 Å². The molecule has 1 amide bonds. The van der Waals surface area contributed by atoms with E-state index in [1.165, 1.54) is 18.4 Å². The minimum Gasteiger partial charge on any atom is -0.465 e. The molecule has 0 saturated heterocycles. The maximum absolute atomic E-state index is 12.7. The zero-order chi connectivity index (χ0) is 19.4. The van der Waals surface area contributed by atoms with Crippen LogP contribution in [0, 0.1) is 3.57 Å². The van der Waals surface area contributed by atoms with E-state index >= 15 is 0 Å². The number of methoxy groups -OCH3 is 2. The molecule has 0 spiro atoms. The number of nitrogens with zero attached hydrogens (tertiary/aromatic N) is 2. The number of fused-ring (bicyclic) bond motifs is 1. The Labute approximate surface area is 173 Å². The number of benzene rings is 2. The first-order valence-electron chi connectivity index (χ1n) is 8.09. The second-order valence-electron chi connectivity index (χ2n) is 5.60. The zero-order valence-electron chi connectivity index (χ0n) is 14.8. The van der Waals surface area contributed by atoms with Crippen molar-refractivity contribution in [3.05, 3.63) is 62.0 Å². The molecule has 6 nitrogen and oxygen atoms in total. The molecule has 0 aliphatic rings. The molecule has 2 aromatic carbocycles. The molecule has 0 atom stereocenters. The van der Waals surface area contributed by atoms with Gasteiger partial charge in [0.25, 0.3) is 5.91 Å². The number of carbonyl (C=O) groups is 2. The van der Waals surface area contributed by atoms with Gasteiger partial charge in [0.15, 0.2) is 4.80 Å². The van der Waals surface area contributed by atoms with E-state index in [-0.39, 0.29) is 5.91 Å². The largest absolute Gasteiger partial charge is 0.465 e. The van der Waals surface area contributed by atoms with Crippen LogP contribution in [0.25, 0.3) is 10.2 Å². The average molecular weight is 496 g/mol. The molecule has 140 valence electrons. The summed E-state index contributed by atoms with van der Waals surface area (Å²) in [4.78, 5) is 29.4. The van der Waals surface area contributed by atoms with Gasteiger partial charge in [0.2, 0.25) is 0 Å². The minimum atomic E-state index is -0.401. The van der Waals surface area contributed by atoms with Crippen LogP contribution < -0.4 is 4.80 Å². The van der Waals surface area contributed by atoms with Crippen LogP contribution in [-0.4, -0.2) is 37.3 Å². The Bertz CT molecular complexity index is 1070. The van der Waals surface area contributed by atoms with E-state index in [9.17, 15) is 9.59 Å². The SMILES string of the molecule is COCCn1c(=NC(=O)c2ccccc2I)sc2cc(C(=O)OC)ccc21. The maximum atomic E-state index is 12.7. The summed E-state index contributed by atoms with van der Waals surface area (Å²) >= 11 is 3.48. The fraction of sp³-hybridized carbons (Fsp3) is 0.211. The quantitative estimate of drug-likeness (QED) is 0.401. The molecule has 0 fully saturated rings. The van der Waals surface area contributed by atoms with Gasteiger partial charge in [0.1, 0.15) is 0 Å². The second-order valence-corrected chi connectivity index (χ2v) is 7.77. The van der Waals surface area contributed by atoms with Gasteiger partial charge in [-0.15, -0.1) is 0 Å². The molecule has 3 aromatic rings. The summed E-state index contributed by atoms with van der Waals surface area (Å²) in [6.07, 6.45) is 0. The highest BCUT2D eigenvalue weighted by atomic mass is 127. The van der Waals surface area contributed by atoms with Crippen LogP contribution >= 0.6 is 33.9 Å². The van der Waals surface area contributed by atoms with Gasteiger partial charge in [-0.05, 0) is 52.9 Å².